The fourth-order valence-electron chi connectivity index (χ4n) is 3.26. The smallest absolute Gasteiger partial charge is 0.258 e. The zero-order valence-electron chi connectivity index (χ0n) is 17.3. The Morgan fingerprint density at radius 1 is 1.03 bits per heavy atom. The van der Waals surface area contributed by atoms with Crippen LogP contribution in [0.3, 0.4) is 0 Å². The number of hydrogen-bond acceptors (Lipinski definition) is 6. The van der Waals surface area contributed by atoms with Gasteiger partial charge in [-0.2, -0.15) is 0 Å². The normalized spacial score (nSPS) is 15.6. The average Bonchev–Trinajstić information content (AvgIpc) is 3.12. The summed E-state index contributed by atoms with van der Waals surface area (Å²) in [6.45, 7) is 2.75. The van der Waals surface area contributed by atoms with Crippen LogP contribution in [0.25, 0.3) is 0 Å². The summed E-state index contributed by atoms with van der Waals surface area (Å²) >= 11 is 0. The molecule has 2 aromatic rings. The number of amides is 2. The molecule has 1 fully saturated rings. The van der Waals surface area contributed by atoms with Gasteiger partial charge in [-0.25, -0.2) is 0 Å². The third-order valence-corrected chi connectivity index (χ3v) is 4.67. The molecule has 160 valence electrons. The predicted molar refractivity (Wildman–Crippen MR) is 112 cm³/mol. The lowest BCUT2D eigenvalue weighted by molar-refractivity contribution is -0.123. The molecule has 1 aliphatic heterocycles. The van der Waals surface area contributed by atoms with E-state index >= 15 is 0 Å². The molecule has 2 amide bonds. The van der Waals surface area contributed by atoms with Gasteiger partial charge in [0.2, 0.25) is 5.91 Å². The number of hydrogen-bond donors (Lipinski definition) is 1. The van der Waals surface area contributed by atoms with Crippen LogP contribution < -0.4 is 29.2 Å². The lowest BCUT2D eigenvalue weighted by Crippen LogP contribution is -2.39. The average molecular weight is 414 g/mol. The van der Waals surface area contributed by atoms with Crippen molar-refractivity contribution in [2.75, 3.05) is 38.9 Å². The molecule has 1 aliphatic rings. The summed E-state index contributed by atoms with van der Waals surface area (Å²) in [6.07, 6.45) is 0.225. The molecular weight excluding hydrogens is 388 g/mol. The minimum Gasteiger partial charge on any atom is -0.494 e. The van der Waals surface area contributed by atoms with Crippen molar-refractivity contribution in [2.45, 2.75) is 19.4 Å². The van der Waals surface area contributed by atoms with E-state index in [4.69, 9.17) is 18.9 Å². The second-order valence-corrected chi connectivity index (χ2v) is 6.71. The number of nitrogens with one attached hydrogen (secondary N) is 1. The van der Waals surface area contributed by atoms with E-state index in [1.165, 1.54) is 0 Å². The number of nitrogens with zero attached hydrogens (tertiary/aromatic N) is 1. The summed E-state index contributed by atoms with van der Waals surface area (Å²) in [5, 5.41) is 2.86. The van der Waals surface area contributed by atoms with Crippen molar-refractivity contribution < 1.29 is 28.5 Å². The Morgan fingerprint density at radius 2 is 1.70 bits per heavy atom. The predicted octanol–water partition coefficient (Wildman–Crippen LogP) is 2.40. The van der Waals surface area contributed by atoms with Crippen LogP contribution in [0.2, 0.25) is 0 Å². The van der Waals surface area contributed by atoms with Crippen LogP contribution in [0.5, 0.6) is 23.0 Å². The molecule has 8 heteroatoms. The largest absolute Gasteiger partial charge is 0.494 e. The molecule has 1 unspecified atom stereocenters. The maximum atomic E-state index is 12.4. The summed E-state index contributed by atoms with van der Waals surface area (Å²) in [5.41, 5.74) is 0.694. The first-order valence-corrected chi connectivity index (χ1v) is 9.71. The summed E-state index contributed by atoms with van der Waals surface area (Å²) in [4.78, 5) is 26.3. The van der Waals surface area contributed by atoms with E-state index < -0.39 is 0 Å². The monoisotopic (exact) mass is 414 g/mol. The van der Waals surface area contributed by atoms with Gasteiger partial charge in [0.15, 0.2) is 18.1 Å². The van der Waals surface area contributed by atoms with Gasteiger partial charge in [0.1, 0.15) is 11.5 Å². The molecular formula is C22H26N2O6. The molecule has 3 rings (SSSR count). The third-order valence-electron chi connectivity index (χ3n) is 4.67. The van der Waals surface area contributed by atoms with Crippen LogP contribution >= 0.6 is 0 Å². The number of methoxy groups -OCH3 is 2. The van der Waals surface area contributed by atoms with Gasteiger partial charge in [0, 0.05) is 24.7 Å². The van der Waals surface area contributed by atoms with E-state index in [2.05, 4.69) is 5.32 Å². The molecule has 0 spiro atoms. The highest BCUT2D eigenvalue weighted by molar-refractivity contribution is 5.97. The molecule has 8 nitrogen and oxygen atoms in total. The van der Waals surface area contributed by atoms with Crippen molar-refractivity contribution in [2.24, 2.45) is 0 Å². The number of carbonyl (C=O) groups excluding carboxylic acids is 2. The quantitative estimate of drug-likeness (QED) is 0.678. The standard InChI is InChI=1S/C22H26N2O6/c1-4-29-17-6-8-18(9-7-17)30-14-21(25)23-15-11-22(26)24(13-15)16-5-10-19(27-2)20(12-16)28-3/h5-10,12,15H,4,11,13-14H2,1-3H3,(H,23,25). The SMILES string of the molecule is CCOc1ccc(OCC(=O)NC2CC(=O)N(c3ccc(OC)c(OC)c3)C2)cc1. The maximum absolute atomic E-state index is 12.4. The lowest BCUT2D eigenvalue weighted by atomic mass is 10.2. The van der Waals surface area contributed by atoms with Gasteiger partial charge >= 0.3 is 0 Å². The van der Waals surface area contributed by atoms with Crippen LogP contribution in [0.1, 0.15) is 13.3 Å². The molecule has 1 heterocycles. The second-order valence-electron chi connectivity index (χ2n) is 6.71. The summed E-state index contributed by atoms with van der Waals surface area (Å²) < 4.78 is 21.4. The fourth-order valence-corrected chi connectivity index (χ4v) is 3.26. The highest BCUT2D eigenvalue weighted by Gasteiger charge is 2.32. The van der Waals surface area contributed by atoms with Gasteiger partial charge in [-0.3, -0.25) is 9.59 Å². The molecule has 1 saturated heterocycles. The Kier molecular flexibility index (Phi) is 7.00. The van der Waals surface area contributed by atoms with Gasteiger partial charge in [-0.15, -0.1) is 0 Å². The number of carbonyl (C=O) groups is 2. The zero-order chi connectivity index (χ0) is 21.5. The first kappa shape index (κ1) is 21.3. The summed E-state index contributed by atoms with van der Waals surface area (Å²) in [6, 6.07) is 12.1. The first-order valence-electron chi connectivity index (χ1n) is 9.71. The Bertz CT molecular complexity index is 884. The minimum absolute atomic E-state index is 0.0695. The molecule has 0 saturated carbocycles. The third kappa shape index (κ3) is 5.14. The van der Waals surface area contributed by atoms with Crippen LogP contribution in [0.4, 0.5) is 5.69 Å². The summed E-state index contributed by atoms with van der Waals surface area (Å²) in [7, 11) is 3.10. The van der Waals surface area contributed by atoms with Gasteiger partial charge < -0.3 is 29.2 Å². The second kappa shape index (κ2) is 9.87. The van der Waals surface area contributed by atoms with E-state index in [0.717, 1.165) is 5.75 Å². The van der Waals surface area contributed by atoms with Crippen molar-refractivity contribution in [3.05, 3.63) is 42.5 Å². The molecule has 1 N–H and O–H groups in total. The van der Waals surface area contributed by atoms with Crippen molar-refractivity contribution in [1.82, 2.24) is 5.32 Å². The maximum Gasteiger partial charge on any atom is 0.258 e. The van der Waals surface area contributed by atoms with Gasteiger partial charge in [-0.1, -0.05) is 0 Å². The van der Waals surface area contributed by atoms with Crippen LogP contribution in [0, 0.1) is 0 Å². The van der Waals surface area contributed by atoms with Crippen LogP contribution in [0.15, 0.2) is 42.5 Å². The molecule has 0 radical (unpaired) electrons. The fraction of sp³-hybridized carbons (Fsp3) is 0.364. The Labute approximate surface area is 175 Å². The number of ether oxygens (including phenoxy) is 4. The summed E-state index contributed by atoms with van der Waals surface area (Å²) in [5.74, 6) is 2.09. The zero-order valence-corrected chi connectivity index (χ0v) is 17.3. The van der Waals surface area contributed by atoms with E-state index in [0.29, 0.717) is 36.1 Å². The highest BCUT2D eigenvalue weighted by atomic mass is 16.5. The lowest BCUT2D eigenvalue weighted by Gasteiger charge is -2.19. The van der Waals surface area contributed by atoms with Crippen LogP contribution in [-0.2, 0) is 9.59 Å². The van der Waals surface area contributed by atoms with Crippen LogP contribution in [-0.4, -0.2) is 51.8 Å². The number of rotatable bonds is 9. The first-order chi connectivity index (χ1) is 14.5. The Balaban J connectivity index is 1.53. The Hall–Kier alpha value is -3.42. The van der Waals surface area contributed by atoms with Crippen molar-refractivity contribution >= 4 is 17.5 Å². The van der Waals surface area contributed by atoms with Gasteiger partial charge in [-0.05, 0) is 43.3 Å². The van der Waals surface area contributed by atoms with E-state index in [1.54, 1.807) is 61.6 Å². The number of benzene rings is 2. The van der Waals surface area contributed by atoms with Gasteiger partial charge in [0.05, 0.1) is 26.9 Å². The van der Waals surface area contributed by atoms with E-state index in [-0.39, 0.29) is 30.9 Å². The molecule has 30 heavy (non-hydrogen) atoms. The van der Waals surface area contributed by atoms with Crippen molar-refractivity contribution in [3.8, 4) is 23.0 Å². The van der Waals surface area contributed by atoms with E-state index in [1.807, 2.05) is 6.92 Å². The molecule has 1 atom stereocenters. The highest BCUT2D eigenvalue weighted by Crippen LogP contribution is 2.33. The molecule has 0 aliphatic carbocycles. The topological polar surface area (TPSA) is 86.3 Å². The molecule has 0 aromatic heterocycles. The van der Waals surface area contributed by atoms with Crippen molar-refractivity contribution in [1.29, 1.82) is 0 Å². The number of anilines is 1. The Morgan fingerprint density at radius 3 is 2.33 bits per heavy atom. The van der Waals surface area contributed by atoms with Crippen molar-refractivity contribution in [3.63, 3.8) is 0 Å². The molecule has 0 bridgehead atoms. The molecule has 2 aromatic carbocycles. The minimum atomic E-state index is -0.290. The van der Waals surface area contributed by atoms with E-state index in [9.17, 15) is 9.59 Å². The van der Waals surface area contributed by atoms with Gasteiger partial charge in [0.25, 0.3) is 5.91 Å².